The zero-order valence-electron chi connectivity index (χ0n) is 14.5. The van der Waals surface area contributed by atoms with Gasteiger partial charge in [-0.05, 0) is 30.2 Å². The zero-order chi connectivity index (χ0) is 18.8. The van der Waals surface area contributed by atoms with Crippen LogP contribution in [0.1, 0.15) is 5.56 Å². The predicted molar refractivity (Wildman–Crippen MR) is 102 cm³/mol. The highest BCUT2D eigenvalue weighted by Gasteiger charge is 2.24. The Kier molecular flexibility index (Phi) is 4.49. The molecule has 6 heteroatoms. The van der Waals surface area contributed by atoms with Gasteiger partial charge in [-0.1, -0.05) is 42.5 Å². The summed E-state index contributed by atoms with van der Waals surface area (Å²) in [6.07, 6.45) is 1.50. The molecule has 0 bridgehead atoms. The van der Waals surface area contributed by atoms with E-state index in [1.165, 1.54) is 10.8 Å². The van der Waals surface area contributed by atoms with Gasteiger partial charge in [0.25, 0.3) is 5.56 Å². The van der Waals surface area contributed by atoms with Crippen molar-refractivity contribution in [1.29, 1.82) is 0 Å². The van der Waals surface area contributed by atoms with Crippen molar-refractivity contribution in [2.75, 3.05) is 4.90 Å². The van der Waals surface area contributed by atoms with Gasteiger partial charge in [-0.15, -0.1) is 0 Å². The van der Waals surface area contributed by atoms with Crippen molar-refractivity contribution in [3.05, 3.63) is 76.7 Å². The molecule has 0 fully saturated rings. The van der Waals surface area contributed by atoms with E-state index in [0.717, 1.165) is 16.0 Å². The van der Waals surface area contributed by atoms with Crippen LogP contribution in [0.3, 0.4) is 0 Å². The van der Waals surface area contributed by atoms with Gasteiger partial charge in [0.15, 0.2) is 5.69 Å². The molecule has 3 N–H and O–H groups in total. The van der Waals surface area contributed by atoms with E-state index in [2.05, 4.69) is 0 Å². The minimum atomic E-state index is -0.851. The first kappa shape index (κ1) is 17.3. The van der Waals surface area contributed by atoms with Crippen molar-refractivity contribution in [1.82, 2.24) is 4.57 Å². The van der Waals surface area contributed by atoms with Crippen molar-refractivity contribution in [3.63, 3.8) is 0 Å². The molecule has 0 aliphatic carbocycles. The fraction of sp³-hybridized carbons (Fsp3) is 0.100. The Morgan fingerprint density at radius 1 is 1.04 bits per heavy atom. The first-order valence-electron chi connectivity index (χ1n) is 8.04. The summed E-state index contributed by atoms with van der Waals surface area (Å²) in [5, 5.41) is 10.4. The van der Waals surface area contributed by atoms with E-state index in [9.17, 15) is 14.7 Å². The molecule has 0 saturated carbocycles. The standard InChI is InChI=1S/C20H19N3O3/c1-13-12-22(2)19(25)17(18(13)24)23(20(21)26)16-10-8-15(9-11-16)14-6-4-3-5-7-14/h3-12,24H,1-2H3,(H2,21,26). The average Bonchev–Trinajstić information content (AvgIpc) is 2.64. The van der Waals surface area contributed by atoms with E-state index in [4.69, 9.17) is 5.73 Å². The molecule has 0 atom stereocenters. The summed E-state index contributed by atoms with van der Waals surface area (Å²) < 4.78 is 1.30. The fourth-order valence-corrected chi connectivity index (χ4v) is 2.87. The number of aromatic nitrogens is 1. The minimum Gasteiger partial charge on any atom is -0.505 e. The molecule has 3 rings (SSSR count). The summed E-state index contributed by atoms with van der Waals surface area (Å²) >= 11 is 0. The lowest BCUT2D eigenvalue weighted by molar-refractivity contribution is 0.256. The second-order valence-corrected chi connectivity index (χ2v) is 6.01. The van der Waals surface area contributed by atoms with E-state index in [0.29, 0.717) is 11.3 Å². The van der Waals surface area contributed by atoms with Crippen molar-refractivity contribution < 1.29 is 9.90 Å². The lowest BCUT2D eigenvalue weighted by atomic mass is 10.1. The number of aromatic hydroxyl groups is 1. The topological polar surface area (TPSA) is 88.6 Å². The maximum absolute atomic E-state index is 12.5. The molecular weight excluding hydrogens is 330 g/mol. The van der Waals surface area contributed by atoms with Crippen LogP contribution in [0, 0.1) is 6.92 Å². The molecule has 6 nitrogen and oxygen atoms in total. The lowest BCUT2D eigenvalue weighted by Crippen LogP contribution is -2.36. The molecule has 0 saturated heterocycles. The van der Waals surface area contributed by atoms with Gasteiger partial charge in [-0.25, -0.2) is 4.79 Å². The Morgan fingerprint density at radius 2 is 1.62 bits per heavy atom. The number of anilines is 2. The number of amides is 2. The van der Waals surface area contributed by atoms with E-state index in [1.54, 1.807) is 26.1 Å². The first-order chi connectivity index (χ1) is 12.4. The van der Waals surface area contributed by atoms with Crippen LogP contribution in [0.25, 0.3) is 11.1 Å². The summed E-state index contributed by atoms with van der Waals surface area (Å²) in [6.45, 7) is 1.65. The van der Waals surface area contributed by atoms with Crippen LogP contribution in [0.2, 0.25) is 0 Å². The molecule has 2 amide bonds. The Morgan fingerprint density at radius 3 is 2.19 bits per heavy atom. The number of urea groups is 1. The quantitative estimate of drug-likeness (QED) is 0.760. The van der Waals surface area contributed by atoms with Gasteiger partial charge in [0.1, 0.15) is 5.75 Å². The van der Waals surface area contributed by atoms with E-state index in [-0.39, 0.29) is 11.4 Å². The largest absolute Gasteiger partial charge is 0.505 e. The number of rotatable bonds is 3. The molecule has 0 aliphatic heterocycles. The molecule has 1 aromatic heterocycles. The van der Waals surface area contributed by atoms with Crippen molar-refractivity contribution in [2.24, 2.45) is 12.8 Å². The first-order valence-corrected chi connectivity index (χ1v) is 8.04. The number of carbonyl (C=O) groups excluding carboxylic acids is 1. The number of carbonyl (C=O) groups is 1. The van der Waals surface area contributed by atoms with Crippen LogP contribution in [0.15, 0.2) is 65.6 Å². The van der Waals surface area contributed by atoms with Crippen molar-refractivity contribution >= 4 is 17.4 Å². The number of hydrogen-bond acceptors (Lipinski definition) is 3. The molecule has 0 aliphatic rings. The monoisotopic (exact) mass is 349 g/mol. The average molecular weight is 349 g/mol. The molecule has 1 heterocycles. The zero-order valence-corrected chi connectivity index (χ0v) is 14.5. The van der Waals surface area contributed by atoms with Crippen molar-refractivity contribution in [3.8, 4) is 16.9 Å². The van der Waals surface area contributed by atoms with E-state index >= 15 is 0 Å². The number of aryl methyl sites for hydroxylation is 2. The minimum absolute atomic E-state index is 0.160. The van der Waals surface area contributed by atoms with Crippen LogP contribution in [-0.2, 0) is 7.05 Å². The van der Waals surface area contributed by atoms with Crippen LogP contribution in [0.5, 0.6) is 5.75 Å². The Labute approximate surface area is 150 Å². The maximum atomic E-state index is 12.5. The molecule has 0 unspecified atom stereocenters. The maximum Gasteiger partial charge on any atom is 0.324 e. The third-order valence-corrected chi connectivity index (χ3v) is 4.18. The number of hydrogen-bond donors (Lipinski definition) is 2. The third-order valence-electron chi connectivity index (χ3n) is 4.18. The predicted octanol–water partition coefficient (Wildman–Crippen LogP) is 3.28. The molecule has 132 valence electrons. The highest BCUT2D eigenvalue weighted by molar-refractivity contribution is 6.00. The molecule has 0 radical (unpaired) electrons. The fourth-order valence-electron chi connectivity index (χ4n) is 2.87. The Hall–Kier alpha value is -3.54. The molecule has 3 aromatic rings. The van der Waals surface area contributed by atoms with Crippen LogP contribution < -0.4 is 16.2 Å². The summed E-state index contributed by atoms with van der Waals surface area (Å²) in [4.78, 5) is 25.6. The molecule has 0 spiro atoms. The molecule has 26 heavy (non-hydrogen) atoms. The van der Waals surface area contributed by atoms with Crippen LogP contribution in [0.4, 0.5) is 16.2 Å². The number of nitrogens with zero attached hydrogens (tertiary/aromatic N) is 2. The van der Waals surface area contributed by atoms with Crippen molar-refractivity contribution in [2.45, 2.75) is 6.92 Å². The summed E-state index contributed by atoms with van der Waals surface area (Å²) in [6, 6.07) is 15.9. The van der Waals surface area contributed by atoms with Crippen LogP contribution in [-0.4, -0.2) is 15.7 Å². The smallest absolute Gasteiger partial charge is 0.324 e. The second-order valence-electron chi connectivity index (χ2n) is 6.01. The van der Waals surface area contributed by atoms with Crippen LogP contribution >= 0.6 is 0 Å². The third kappa shape index (κ3) is 3.04. The van der Waals surface area contributed by atoms with Gasteiger partial charge >= 0.3 is 6.03 Å². The van der Waals surface area contributed by atoms with E-state index in [1.807, 2.05) is 42.5 Å². The summed E-state index contributed by atoms with van der Waals surface area (Å²) in [7, 11) is 1.55. The normalized spacial score (nSPS) is 10.5. The number of nitrogens with two attached hydrogens (primary N) is 1. The Bertz CT molecular complexity index is 1010. The Balaban J connectivity index is 2.11. The van der Waals surface area contributed by atoms with Gasteiger partial charge in [-0.3, -0.25) is 9.69 Å². The lowest BCUT2D eigenvalue weighted by Gasteiger charge is -2.22. The van der Waals surface area contributed by atoms with Gasteiger partial charge in [0, 0.05) is 18.8 Å². The second kappa shape index (κ2) is 6.76. The SMILES string of the molecule is Cc1cn(C)c(=O)c(N(C(N)=O)c2ccc(-c3ccccc3)cc2)c1O. The highest BCUT2D eigenvalue weighted by atomic mass is 16.3. The molecule has 2 aromatic carbocycles. The number of benzene rings is 2. The highest BCUT2D eigenvalue weighted by Crippen LogP contribution is 2.33. The summed E-state index contributed by atoms with van der Waals surface area (Å²) in [5.41, 5.74) is 7.69. The number of pyridine rings is 1. The van der Waals surface area contributed by atoms with Gasteiger partial charge in [0.2, 0.25) is 0 Å². The van der Waals surface area contributed by atoms with E-state index < -0.39 is 11.6 Å². The number of primary amides is 1. The van der Waals surface area contributed by atoms with Gasteiger partial charge in [-0.2, -0.15) is 0 Å². The van der Waals surface area contributed by atoms with Gasteiger partial charge < -0.3 is 15.4 Å². The molecular formula is C20H19N3O3. The van der Waals surface area contributed by atoms with Gasteiger partial charge in [0.05, 0.1) is 5.69 Å². The summed E-state index contributed by atoms with van der Waals surface area (Å²) in [5.74, 6) is -0.265.